The first-order chi connectivity index (χ1) is 9.40. The number of hydrogen-bond acceptors (Lipinski definition) is 2. The van der Waals surface area contributed by atoms with Crippen molar-refractivity contribution in [3.05, 3.63) is 46.5 Å². The fourth-order valence-electron chi connectivity index (χ4n) is 2.33. The normalized spacial score (nSPS) is 11.3. The van der Waals surface area contributed by atoms with Gasteiger partial charge in [-0.2, -0.15) is 5.10 Å². The highest BCUT2D eigenvalue weighted by Gasteiger charge is 2.14. The number of nitrogens with one attached hydrogen (secondary N) is 1. The van der Waals surface area contributed by atoms with E-state index >= 15 is 0 Å². The molecule has 3 nitrogen and oxygen atoms in total. The molecular weight excluding hydrogens is 253 g/mol. The highest BCUT2D eigenvalue weighted by Crippen LogP contribution is 2.21. The summed E-state index contributed by atoms with van der Waals surface area (Å²) in [6.45, 7) is 11.0. The topological polar surface area (TPSA) is 29.9 Å². The second kappa shape index (κ2) is 5.75. The summed E-state index contributed by atoms with van der Waals surface area (Å²) in [5.74, 6) is -0.213. The molecule has 20 heavy (non-hydrogen) atoms. The van der Waals surface area contributed by atoms with Crippen molar-refractivity contribution in [3.8, 4) is 5.69 Å². The molecule has 0 amide bonds. The third-order valence-electron chi connectivity index (χ3n) is 3.52. The van der Waals surface area contributed by atoms with Crippen molar-refractivity contribution in [2.75, 3.05) is 0 Å². The van der Waals surface area contributed by atoms with E-state index in [4.69, 9.17) is 0 Å². The van der Waals surface area contributed by atoms with Crippen molar-refractivity contribution >= 4 is 0 Å². The molecule has 0 saturated heterocycles. The first kappa shape index (κ1) is 14.7. The molecule has 0 aliphatic carbocycles. The maximum atomic E-state index is 13.2. The van der Waals surface area contributed by atoms with Crippen molar-refractivity contribution in [1.82, 2.24) is 15.1 Å². The van der Waals surface area contributed by atoms with Gasteiger partial charge in [0.1, 0.15) is 5.82 Å². The van der Waals surface area contributed by atoms with Crippen LogP contribution >= 0.6 is 0 Å². The Morgan fingerprint density at radius 1 is 1.25 bits per heavy atom. The SMILES string of the molecule is Cc1cc(F)ccc1-n1nc(C)c(CNC(C)C)c1C. The average Bonchev–Trinajstić information content (AvgIpc) is 2.62. The standard InChI is InChI=1S/C16H22FN3/c1-10(2)18-9-15-12(4)19-20(13(15)5)16-7-6-14(17)8-11(16)3/h6-8,10,18H,9H2,1-5H3. The van der Waals surface area contributed by atoms with Crippen LogP contribution in [-0.2, 0) is 6.54 Å². The summed E-state index contributed by atoms with van der Waals surface area (Å²) in [6, 6.07) is 5.23. The monoisotopic (exact) mass is 275 g/mol. The van der Waals surface area contributed by atoms with Crippen LogP contribution in [0.25, 0.3) is 5.69 Å². The second-order valence-corrected chi connectivity index (χ2v) is 5.53. The molecule has 0 spiro atoms. The van der Waals surface area contributed by atoms with Crippen LogP contribution in [0, 0.1) is 26.6 Å². The molecule has 2 rings (SSSR count). The lowest BCUT2D eigenvalue weighted by Crippen LogP contribution is -2.22. The maximum Gasteiger partial charge on any atom is 0.123 e. The summed E-state index contributed by atoms with van der Waals surface area (Å²) >= 11 is 0. The van der Waals surface area contributed by atoms with E-state index in [1.54, 1.807) is 6.07 Å². The Kier molecular flexibility index (Phi) is 4.23. The van der Waals surface area contributed by atoms with Gasteiger partial charge in [0.2, 0.25) is 0 Å². The van der Waals surface area contributed by atoms with Crippen molar-refractivity contribution in [3.63, 3.8) is 0 Å². The summed E-state index contributed by atoms with van der Waals surface area (Å²) in [6.07, 6.45) is 0. The van der Waals surface area contributed by atoms with Gasteiger partial charge in [-0.05, 0) is 44.5 Å². The summed E-state index contributed by atoms with van der Waals surface area (Å²) in [5, 5.41) is 8.02. The number of aryl methyl sites for hydroxylation is 2. The number of benzene rings is 1. The molecule has 1 aromatic heterocycles. The summed E-state index contributed by atoms with van der Waals surface area (Å²) in [5.41, 5.74) is 5.15. The number of aromatic nitrogens is 2. The molecule has 0 aliphatic heterocycles. The number of rotatable bonds is 4. The van der Waals surface area contributed by atoms with Gasteiger partial charge in [-0.15, -0.1) is 0 Å². The Bertz CT molecular complexity index is 614. The Hall–Kier alpha value is -1.68. The van der Waals surface area contributed by atoms with Crippen LogP contribution < -0.4 is 5.32 Å². The Morgan fingerprint density at radius 3 is 2.55 bits per heavy atom. The Balaban J connectivity index is 2.40. The quantitative estimate of drug-likeness (QED) is 0.926. The minimum absolute atomic E-state index is 0.213. The second-order valence-electron chi connectivity index (χ2n) is 5.53. The van der Waals surface area contributed by atoms with Crippen molar-refractivity contribution in [2.24, 2.45) is 0 Å². The van der Waals surface area contributed by atoms with Crippen LogP contribution in [0.3, 0.4) is 0 Å². The van der Waals surface area contributed by atoms with Crippen LogP contribution in [-0.4, -0.2) is 15.8 Å². The molecule has 0 aliphatic rings. The van der Waals surface area contributed by atoms with Gasteiger partial charge in [0.25, 0.3) is 0 Å². The van der Waals surface area contributed by atoms with Crippen molar-refractivity contribution < 1.29 is 4.39 Å². The van der Waals surface area contributed by atoms with E-state index in [0.717, 1.165) is 29.2 Å². The molecular formula is C16H22FN3. The molecule has 0 unspecified atom stereocenters. The number of halogens is 1. The number of hydrogen-bond donors (Lipinski definition) is 1. The molecule has 1 heterocycles. The molecule has 0 bridgehead atoms. The van der Waals surface area contributed by atoms with Crippen LogP contribution in [0.5, 0.6) is 0 Å². The van der Waals surface area contributed by atoms with E-state index in [1.165, 1.54) is 17.7 Å². The Labute approximate surface area is 119 Å². The highest BCUT2D eigenvalue weighted by atomic mass is 19.1. The third-order valence-corrected chi connectivity index (χ3v) is 3.52. The molecule has 0 saturated carbocycles. The molecule has 0 atom stereocenters. The molecule has 0 radical (unpaired) electrons. The zero-order valence-corrected chi connectivity index (χ0v) is 12.8. The Morgan fingerprint density at radius 2 is 1.95 bits per heavy atom. The first-order valence-corrected chi connectivity index (χ1v) is 6.95. The fraction of sp³-hybridized carbons (Fsp3) is 0.438. The predicted octanol–water partition coefficient (Wildman–Crippen LogP) is 3.43. The van der Waals surface area contributed by atoms with Crippen LogP contribution in [0.1, 0.15) is 36.4 Å². The predicted molar refractivity (Wildman–Crippen MR) is 79.7 cm³/mol. The lowest BCUT2D eigenvalue weighted by molar-refractivity contribution is 0.586. The summed E-state index contributed by atoms with van der Waals surface area (Å²) < 4.78 is 15.1. The van der Waals surface area contributed by atoms with Crippen LogP contribution in [0.4, 0.5) is 4.39 Å². The molecule has 2 aromatic rings. The lowest BCUT2D eigenvalue weighted by Gasteiger charge is -2.10. The number of nitrogens with zero attached hydrogens (tertiary/aromatic N) is 2. The van der Waals surface area contributed by atoms with Gasteiger partial charge >= 0.3 is 0 Å². The first-order valence-electron chi connectivity index (χ1n) is 6.95. The van der Waals surface area contributed by atoms with Gasteiger partial charge in [0.05, 0.1) is 11.4 Å². The van der Waals surface area contributed by atoms with Gasteiger partial charge < -0.3 is 5.32 Å². The van der Waals surface area contributed by atoms with Gasteiger partial charge in [-0.3, -0.25) is 0 Å². The summed E-state index contributed by atoms with van der Waals surface area (Å²) in [7, 11) is 0. The van der Waals surface area contributed by atoms with Crippen LogP contribution in [0.15, 0.2) is 18.2 Å². The molecule has 1 N–H and O–H groups in total. The fourth-order valence-corrected chi connectivity index (χ4v) is 2.33. The molecule has 108 valence electrons. The highest BCUT2D eigenvalue weighted by molar-refractivity contribution is 5.43. The van der Waals surface area contributed by atoms with E-state index in [-0.39, 0.29) is 5.82 Å². The molecule has 4 heteroatoms. The van der Waals surface area contributed by atoms with Crippen LogP contribution in [0.2, 0.25) is 0 Å². The van der Waals surface area contributed by atoms with E-state index in [9.17, 15) is 4.39 Å². The van der Waals surface area contributed by atoms with Crippen molar-refractivity contribution in [2.45, 2.75) is 47.2 Å². The minimum atomic E-state index is -0.213. The third kappa shape index (κ3) is 2.90. The summed E-state index contributed by atoms with van der Waals surface area (Å²) in [4.78, 5) is 0. The zero-order valence-electron chi connectivity index (χ0n) is 12.8. The zero-order chi connectivity index (χ0) is 14.9. The lowest BCUT2D eigenvalue weighted by atomic mass is 10.1. The van der Waals surface area contributed by atoms with E-state index < -0.39 is 0 Å². The van der Waals surface area contributed by atoms with Gasteiger partial charge in [0.15, 0.2) is 0 Å². The molecule has 1 aromatic carbocycles. The average molecular weight is 275 g/mol. The van der Waals surface area contributed by atoms with E-state index in [2.05, 4.69) is 31.2 Å². The smallest absolute Gasteiger partial charge is 0.123 e. The maximum absolute atomic E-state index is 13.2. The van der Waals surface area contributed by atoms with E-state index in [0.29, 0.717) is 6.04 Å². The van der Waals surface area contributed by atoms with Gasteiger partial charge in [0, 0.05) is 23.8 Å². The minimum Gasteiger partial charge on any atom is -0.310 e. The largest absolute Gasteiger partial charge is 0.310 e. The van der Waals surface area contributed by atoms with Crippen molar-refractivity contribution in [1.29, 1.82) is 0 Å². The van der Waals surface area contributed by atoms with E-state index in [1.807, 2.05) is 18.5 Å². The molecule has 0 fully saturated rings. The van der Waals surface area contributed by atoms with Gasteiger partial charge in [-0.1, -0.05) is 13.8 Å². The van der Waals surface area contributed by atoms with Gasteiger partial charge in [-0.25, -0.2) is 9.07 Å².